The zero-order valence-corrected chi connectivity index (χ0v) is 11.1. The van der Waals surface area contributed by atoms with Gasteiger partial charge in [0.2, 0.25) is 0 Å². The lowest BCUT2D eigenvalue weighted by atomic mass is 10.2. The Balaban J connectivity index is 1.66. The van der Waals surface area contributed by atoms with E-state index in [4.69, 9.17) is 23.2 Å². The zero-order chi connectivity index (χ0) is 11.8. The van der Waals surface area contributed by atoms with Crippen molar-refractivity contribution in [3.8, 4) is 0 Å². The van der Waals surface area contributed by atoms with Gasteiger partial charge in [0.15, 0.2) is 0 Å². The predicted molar refractivity (Wildman–Crippen MR) is 73.2 cm³/mol. The highest BCUT2D eigenvalue weighted by molar-refractivity contribution is 6.42. The fraction of sp³-hybridized carbons (Fsp3) is 0.538. The third-order valence-corrected chi connectivity index (χ3v) is 4.24. The van der Waals surface area contributed by atoms with E-state index in [2.05, 4.69) is 10.2 Å². The molecule has 1 saturated heterocycles. The van der Waals surface area contributed by atoms with Crippen LogP contribution in [-0.4, -0.2) is 25.2 Å². The summed E-state index contributed by atoms with van der Waals surface area (Å²) >= 11 is 12.0. The number of hydrogen-bond donors (Lipinski definition) is 1. The fourth-order valence-electron chi connectivity index (χ4n) is 2.40. The molecule has 1 atom stereocenters. The molecular formula is C13H16Cl2N2. The van der Waals surface area contributed by atoms with Gasteiger partial charge < -0.3 is 10.2 Å². The Labute approximate surface area is 112 Å². The molecule has 4 heteroatoms. The van der Waals surface area contributed by atoms with Crippen molar-refractivity contribution in [1.29, 1.82) is 0 Å². The molecule has 0 bridgehead atoms. The Bertz CT molecular complexity index is 418. The number of nitrogens with one attached hydrogen (secondary N) is 1. The Kier molecular flexibility index (Phi) is 3.20. The third kappa shape index (κ3) is 2.70. The highest BCUT2D eigenvalue weighted by Crippen LogP contribution is 2.29. The van der Waals surface area contributed by atoms with Crippen molar-refractivity contribution in [3.63, 3.8) is 0 Å². The normalized spacial score (nSPS) is 24.4. The van der Waals surface area contributed by atoms with Crippen molar-refractivity contribution in [2.75, 3.05) is 18.0 Å². The van der Waals surface area contributed by atoms with Crippen molar-refractivity contribution in [2.24, 2.45) is 0 Å². The summed E-state index contributed by atoms with van der Waals surface area (Å²) in [5.74, 6) is 0. The topological polar surface area (TPSA) is 15.3 Å². The molecule has 1 heterocycles. The minimum Gasteiger partial charge on any atom is -0.370 e. The summed E-state index contributed by atoms with van der Waals surface area (Å²) in [6.07, 6.45) is 3.92. The average molecular weight is 271 g/mol. The first-order valence-corrected chi connectivity index (χ1v) is 6.94. The SMILES string of the molecule is Clc1ccc(N2CCC(NC3CC3)C2)cc1Cl. The van der Waals surface area contributed by atoms with Crippen molar-refractivity contribution >= 4 is 28.9 Å². The van der Waals surface area contributed by atoms with Crippen LogP contribution >= 0.6 is 23.2 Å². The molecule has 1 unspecified atom stereocenters. The lowest BCUT2D eigenvalue weighted by Crippen LogP contribution is -2.33. The molecule has 0 amide bonds. The maximum absolute atomic E-state index is 6.05. The van der Waals surface area contributed by atoms with Gasteiger partial charge in [0.05, 0.1) is 10.0 Å². The van der Waals surface area contributed by atoms with Gasteiger partial charge in [-0.3, -0.25) is 0 Å². The molecule has 1 saturated carbocycles. The molecule has 0 spiro atoms. The summed E-state index contributed by atoms with van der Waals surface area (Å²) in [6, 6.07) is 7.31. The molecule has 0 radical (unpaired) electrons. The van der Waals surface area contributed by atoms with E-state index in [9.17, 15) is 0 Å². The summed E-state index contributed by atoms with van der Waals surface area (Å²) < 4.78 is 0. The predicted octanol–water partition coefficient (Wildman–Crippen LogP) is 3.32. The molecule has 1 aromatic rings. The highest BCUT2D eigenvalue weighted by atomic mass is 35.5. The van der Waals surface area contributed by atoms with Crippen LogP contribution in [0.1, 0.15) is 19.3 Å². The summed E-state index contributed by atoms with van der Waals surface area (Å²) in [4.78, 5) is 2.38. The van der Waals surface area contributed by atoms with Gasteiger partial charge >= 0.3 is 0 Å². The van der Waals surface area contributed by atoms with Gasteiger partial charge in [0, 0.05) is 30.9 Å². The standard InChI is InChI=1S/C13H16Cl2N2/c14-12-4-3-11(7-13(12)15)17-6-5-10(8-17)16-9-1-2-9/h3-4,7,9-10,16H,1-2,5-6,8H2. The number of rotatable bonds is 3. The van der Waals surface area contributed by atoms with Crippen LogP contribution < -0.4 is 10.2 Å². The lowest BCUT2D eigenvalue weighted by Gasteiger charge is -2.19. The van der Waals surface area contributed by atoms with Crippen LogP contribution in [0.15, 0.2) is 18.2 Å². The molecule has 17 heavy (non-hydrogen) atoms. The maximum Gasteiger partial charge on any atom is 0.0612 e. The Morgan fingerprint density at radius 3 is 2.59 bits per heavy atom. The Morgan fingerprint density at radius 2 is 1.88 bits per heavy atom. The number of halogens is 2. The van der Waals surface area contributed by atoms with E-state index in [1.807, 2.05) is 18.2 Å². The van der Waals surface area contributed by atoms with Gasteiger partial charge in [-0.05, 0) is 37.5 Å². The zero-order valence-electron chi connectivity index (χ0n) is 9.63. The van der Waals surface area contributed by atoms with Crippen LogP contribution in [0.3, 0.4) is 0 Å². The first-order valence-electron chi connectivity index (χ1n) is 6.18. The van der Waals surface area contributed by atoms with Crippen LogP contribution in [0, 0.1) is 0 Å². The average Bonchev–Trinajstić information content (AvgIpc) is 2.99. The van der Waals surface area contributed by atoms with Crippen molar-refractivity contribution in [3.05, 3.63) is 28.2 Å². The summed E-state index contributed by atoms with van der Waals surface area (Å²) in [6.45, 7) is 2.18. The molecule has 2 nitrogen and oxygen atoms in total. The largest absolute Gasteiger partial charge is 0.370 e. The first-order chi connectivity index (χ1) is 8.22. The molecule has 0 aromatic heterocycles. The Hall–Kier alpha value is -0.440. The summed E-state index contributed by atoms with van der Waals surface area (Å²) in [5.41, 5.74) is 1.18. The van der Waals surface area contributed by atoms with Crippen molar-refractivity contribution in [1.82, 2.24) is 5.32 Å². The van der Waals surface area contributed by atoms with Crippen LogP contribution in [0.4, 0.5) is 5.69 Å². The molecule has 3 rings (SSSR count). The maximum atomic E-state index is 6.05. The summed E-state index contributed by atoms with van der Waals surface area (Å²) in [7, 11) is 0. The van der Waals surface area contributed by atoms with E-state index < -0.39 is 0 Å². The Morgan fingerprint density at radius 1 is 1.06 bits per heavy atom. The van der Waals surface area contributed by atoms with Crippen molar-refractivity contribution in [2.45, 2.75) is 31.3 Å². The number of nitrogens with zero attached hydrogens (tertiary/aromatic N) is 1. The van der Waals surface area contributed by atoms with E-state index in [0.717, 1.165) is 19.1 Å². The van der Waals surface area contributed by atoms with Crippen LogP contribution in [0.2, 0.25) is 10.0 Å². The van der Waals surface area contributed by atoms with Crippen molar-refractivity contribution < 1.29 is 0 Å². The molecule has 1 N–H and O–H groups in total. The van der Waals surface area contributed by atoms with Crippen LogP contribution in [0.5, 0.6) is 0 Å². The highest BCUT2D eigenvalue weighted by Gasteiger charge is 2.29. The minimum atomic E-state index is 0.627. The fourth-order valence-corrected chi connectivity index (χ4v) is 2.69. The lowest BCUT2D eigenvalue weighted by molar-refractivity contribution is 0.548. The first kappa shape index (κ1) is 11.6. The molecule has 1 aliphatic heterocycles. The second-order valence-electron chi connectivity index (χ2n) is 4.97. The second-order valence-corrected chi connectivity index (χ2v) is 5.79. The number of hydrogen-bond acceptors (Lipinski definition) is 2. The molecule has 1 aliphatic carbocycles. The number of benzene rings is 1. The quantitative estimate of drug-likeness (QED) is 0.907. The smallest absolute Gasteiger partial charge is 0.0612 e. The van der Waals surface area contributed by atoms with Gasteiger partial charge in [-0.15, -0.1) is 0 Å². The molecule has 2 aliphatic rings. The van der Waals surface area contributed by atoms with Gasteiger partial charge in [0.25, 0.3) is 0 Å². The van der Waals surface area contributed by atoms with Crippen LogP contribution in [-0.2, 0) is 0 Å². The van der Waals surface area contributed by atoms with E-state index in [1.165, 1.54) is 24.9 Å². The van der Waals surface area contributed by atoms with Gasteiger partial charge in [-0.2, -0.15) is 0 Å². The molecular weight excluding hydrogens is 255 g/mol. The van der Waals surface area contributed by atoms with Crippen LogP contribution in [0.25, 0.3) is 0 Å². The summed E-state index contributed by atoms with van der Waals surface area (Å²) in [5, 5.41) is 4.95. The van der Waals surface area contributed by atoms with Gasteiger partial charge in [-0.25, -0.2) is 0 Å². The third-order valence-electron chi connectivity index (χ3n) is 3.51. The molecule has 2 fully saturated rings. The van der Waals surface area contributed by atoms with E-state index in [0.29, 0.717) is 16.1 Å². The monoisotopic (exact) mass is 270 g/mol. The van der Waals surface area contributed by atoms with Gasteiger partial charge in [-0.1, -0.05) is 23.2 Å². The minimum absolute atomic E-state index is 0.627. The molecule has 92 valence electrons. The van der Waals surface area contributed by atoms with E-state index in [-0.39, 0.29) is 0 Å². The second kappa shape index (κ2) is 4.68. The van der Waals surface area contributed by atoms with Gasteiger partial charge in [0.1, 0.15) is 0 Å². The van der Waals surface area contributed by atoms with E-state index >= 15 is 0 Å². The molecule has 1 aromatic carbocycles. The van der Waals surface area contributed by atoms with E-state index in [1.54, 1.807) is 0 Å². The number of anilines is 1.